The quantitative estimate of drug-likeness (QED) is 0.518. The zero-order chi connectivity index (χ0) is 21.8. The molecule has 0 bridgehead atoms. The fourth-order valence-electron chi connectivity index (χ4n) is 5.09. The second kappa shape index (κ2) is 7.50. The predicted octanol–water partition coefficient (Wildman–Crippen LogP) is 3.02. The van der Waals surface area contributed by atoms with Gasteiger partial charge in [-0.3, -0.25) is 9.36 Å². The summed E-state index contributed by atoms with van der Waals surface area (Å²) >= 11 is 1.44. The number of H-pyrrole nitrogens is 1. The lowest BCUT2D eigenvalue weighted by molar-refractivity contribution is 0.211. The Bertz CT molecular complexity index is 1450. The van der Waals surface area contributed by atoms with Crippen molar-refractivity contribution in [2.45, 2.75) is 12.5 Å². The third kappa shape index (κ3) is 3.05. The molecule has 0 spiro atoms. The number of rotatable bonds is 4. The normalized spacial score (nSPS) is 20.3. The number of fused-ring (bicyclic) bond motifs is 6. The average molecular weight is 450 g/mol. The van der Waals surface area contributed by atoms with Gasteiger partial charge in [0.2, 0.25) is 0 Å². The third-order valence-corrected chi connectivity index (χ3v) is 7.90. The zero-order valence-corrected chi connectivity index (χ0v) is 18.5. The molecule has 1 fully saturated rings. The van der Waals surface area contributed by atoms with E-state index in [0.717, 1.165) is 34.7 Å². The van der Waals surface area contributed by atoms with E-state index in [1.54, 1.807) is 7.11 Å². The smallest absolute Gasteiger partial charge is 0.328 e. The van der Waals surface area contributed by atoms with Crippen LogP contribution in [0, 0.1) is 5.92 Å². The summed E-state index contributed by atoms with van der Waals surface area (Å²) in [5.74, 6) is 2.50. The van der Waals surface area contributed by atoms with Crippen LogP contribution in [-0.4, -0.2) is 47.8 Å². The summed E-state index contributed by atoms with van der Waals surface area (Å²) in [6.45, 7) is 3.49. The summed E-state index contributed by atoms with van der Waals surface area (Å²) < 4.78 is 14.3. The van der Waals surface area contributed by atoms with E-state index in [1.165, 1.54) is 21.5 Å². The van der Waals surface area contributed by atoms with Crippen LogP contribution in [0.1, 0.15) is 11.5 Å². The van der Waals surface area contributed by atoms with Crippen molar-refractivity contribution in [1.82, 2.24) is 14.5 Å². The number of aromatic amines is 1. The van der Waals surface area contributed by atoms with E-state index in [0.29, 0.717) is 41.7 Å². The van der Waals surface area contributed by atoms with Gasteiger partial charge in [0.15, 0.2) is 0 Å². The fourth-order valence-corrected chi connectivity index (χ4v) is 6.20. The van der Waals surface area contributed by atoms with Gasteiger partial charge in [-0.15, -0.1) is 11.3 Å². The molecule has 2 aliphatic heterocycles. The van der Waals surface area contributed by atoms with Crippen LogP contribution < -0.4 is 20.7 Å². The van der Waals surface area contributed by atoms with Crippen LogP contribution in [0.2, 0.25) is 0 Å². The van der Waals surface area contributed by atoms with Gasteiger partial charge in [-0.2, -0.15) is 0 Å². The Labute approximate surface area is 187 Å². The molecule has 1 saturated heterocycles. The lowest BCUT2D eigenvalue weighted by Gasteiger charge is -2.28. The van der Waals surface area contributed by atoms with Gasteiger partial charge in [-0.25, -0.2) is 4.79 Å². The Hall–Kier alpha value is -3.10. The highest BCUT2D eigenvalue weighted by Gasteiger charge is 2.38. The standard InChI is InChI=1S/C24H23N3O4S/c1-30-15-6-7-16-18-12-26(11-14(18)13-31-19(16)10-15)8-9-27-23(28)22-21(25-24(27)29)17-4-2-3-5-20(17)32-22/h2-7,10,14,18H,8-9,11-13H2,1H3,(H,25,29)/t14-,18-/m1/s1. The molecule has 0 amide bonds. The van der Waals surface area contributed by atoms with Crippen LogP contribution in [0.15, 0.2) is 52.1 Å². The number of hydrogen-bond acceptors (Lipinski definition) is 6. The van der Waals surface area contributed by atoms with Crippen LogP contribution in [0.25, 0.3) is 20.3 Å². The van der Waals surface area contributed by atoms with Gasteiger partial charge in [-0.05, 0) is 17.7 Å². The van der Waals surface area contributed by atoms with Crippen molar-refractivity contribution in [1.29, 1.82) is 0 Å². The van der Waals surface area contributed by atoms with Crippen LogP contribution in [0.3, 0.4) is 0 Å². The van der Waals surface area contributed by atoms with Crippen LogP contribution in [0.4, 0.5) is 0 Å². The van der Waals surface area contributed by atoms with Crippen molar-refractivity contribution >= 4 is 31.6 Å². The Morgan fingerprint density at radius 2 is 2.03 bits per heavy atom. The molecule has 2 atom stereocenters. The number of nitrogens with one attached hydrogen (secondary N) is 1. The molecule has 6 rings (SSSR count). The molecule has 32 heavy (non-hydrogen) atoms. The maximum Gasteiger partial charge on any atom is 0.328 e. The molecule has 4 heterocycles. The van der Waals surface area contributed by atoms with Gasteiger partial charge in [0, 0.05) is 54.2 Å². The van der Waals surface area contributed by atoms with E-state index < -0.39 is 0 Å². The van der Waals surface area contributed by atoms with Gasteiger partial charge in [-0.1, -0.05) is 24.3 Å². The Balaban J connectivity index is 1.24. The van der Waals surface area contributed by atoms with Gasteiger partial charge in [0.25, 0.3) is 5.56 Å². The number of hydrogen-bond donors (Lipinski definition) is 1. The second-order valence-electron chi connectivity index (χ2n) is 8.53. The average Bonchev–Trinajstić information content (AvgIpc) is 3.40. The number of methoxy groups -OCH3 is 1. The van der Waals surface area contributed by atoms with Crippen molar-refractivity contribution in [3.63, 3.8) is 0 Å². The molecule has 1 N–H and O–H groups in total. The predicted molar refractivity (Wildman–Crippen MR) is 125 cm³/mol. The SMILES string of the molecule is COc1ccc2c(c1)OC[C@H]1CN(CCn3c(=O)[nH]c4c(sc5ccccc54)c3=O)C[C@@H]21. The molecule has 0 unspecified atom stereocenters. The fraction of sp³-hybridized carbons (Fsp3) is 0.333. The van der Waals surface area contributed by atoms with E-state index >= 15 is 0 Å². The molecule has 7 nitrogen and oxygen atoms in total. The first-order chi connectivity index (χ1) is 15.6. The third-order valence-electron chi connectivity index (χ3n) is 6.74. The monoisotopic (exact) mass is 449 g/mol. The highest BCUT2D eigenvalue weighted by atomic mass is 32.1. The number of thiophene rings is 1. The Morgan fingerprint density at radius 1 is 1.16 bits per heavy atom. The summed E-state index contributed by atoms with van der Waals surface area (Å²) in [6, 6.07) is 13.8. The first-order valence-electron chi connectivity index (χ1n) is 10.8. The molecule has 2 aromatic heterocycles. The minimum Gasteiger partial charge on any atom is -0.497 e. The maximum absolute atomic E-state index is 13.1. The van der Waals surface area contributed by atoms with Crippen molar-refractivity contribution in [2.75, 3.05) is 33.4 Å². The van der Waals surface area contributed by atoms with Crippen molar-refractivity contribution in [3.8, 4) is 11.5 Å². The lowest BCUT2D eigenvalue weighted by atomic mass is 9.87. The van der Waals surface area contributed by atoms with E-state index in [4.69, 9.17) is 9.47 Å². The molecule has 164 valence electrons. The number of ether oxygens (including phenoxy) is 2. The van der Waals surface area contributed by atoms with Crippen molar-refractivity contribution in [3.05, 3.63) is 68.9 Å². The van der Waals surface area contributed by atoms with E-state index in [1.807, 2.05) is 36.4 Å². The Morgan fingerprint density at radius 3 is 2.91 bits per heavy atom. The highest BCUT2D eigenvalue weighted by molar-refractivity contribution is 7.25. The van der Waals surface area contributed by atoms with Gasteiger partial charge in [0.05, 0.1) is 19.2 Å². The highest BCUT2D eigenvalue weighted by Crippen LogP contribution is 2.42. The maximum atomic E-state index is 13.1. The van der Waals surface area contributed by atoms with Gasteiger partial charge in [0.1, 0.15) is 16.2 Å². The first-order valence-corrected chi connectivity index (χ1v) is 11.6. The van der Waals surface area contributed by atoms with Gasteiger partial charge >= 0.3 is 5.69 Å². The molecule has 0 radical (unpaired) electrons. The topological polar surface area (TPSA) is 76.6 Å². The molecular formula is C24H23N3O4S. The number of likely N-dealkylation sites (tertiary alicyclic amines) is 1. The summed E-state index contributed by atoms with van der Waals surface area (Å²) in [4.78, 5) is 31.1. The summed E-state index contributed by atoms with van der Waals surface area (Å²) in [5, 5.41) is 0.924. The number of nitrogens with zero attached hydrogens (tertiary/aromatic N) is 2. The van der Waals surface area contributed by atoms with Gasteiger partial charge < -0.3 is 19.4 Å². The second-order valence-corrected chi connectivity index (χ2v) is 9.58. The minimum absolute atomic E-state index is 0.206. The van der Waals surface area contributed by atoms with Crippen molar-refractivity contribution in [2.24, 2.45) is 5.92 Å². The van der Waals surface area contributed by atoms with Crippen LogP contribution >= 0.6 is 11.3 Å². The molecule has 2 aromatic carbocycles. The molecule has 0 aliphatic carbocycles. The van der Waals surface area contributed by atoms with Crippen molar-refractivity contribution < 1.29 is 9.47 Å². The van der Waals surface area contributed by atoms with E-state index in [9.17, 15) is 9.59 Å². The van der Waals surface area contributed by atoms with Crippen LogP contribution in [-0.2, 0) is 6.54 Å². The zero-order valence-electron chi connectivity index (χ0n) is 17.7. The number of benzene rings is 2. The molecule has 2 aliphatic rings. The molecular weight excluding hydrogens is 426 g/mol. The minimum atomic E-state index is -0.344. The summed E-state index contributed by atoms with van der Waals surface area (Å²) in [6.07, 6.45) is 0. The summed E-state index contributed by atoms with van der Waals surface area (Å²) in [7, 11) is 1.66. The van der Waals surface area contributed by atoms with E-state index in [2.05, 4.69) is 16.0 Å². The molecule has 8 heteroatoms. The lowest BCUT2D eigenvalue weighted by Crippen LogP contribution is -2.38. The van der Waals surface area contributed by atoms with E-state index in [-0.39, 0.29) is 11.2 Å². The summed E-state index contributed by atoms with van der Waals surface area (Å²) in [5.41, 5.74) is 1.31. The first kappa shape index (κ1) is 19.6. The van der Waals surface area contributed by atoms with Crippen LogP contribution in [0.5, 0.6) is 11.5 Å². The number of aromatic nitrogens is 2. The largest absolute Gasteiger partial charge is 0.497 e. The molecule has 4 aromatic rings. The Kier molecular flexibility index (Phi) is 4.58. The molecule has 0 saturated carbocycles.